The monoisotopic (exact) mass is 474 g/mol. The number of carbonyl (C=O) groups is 2. The first-order valence-electron chi connectivity index (χ1n) is 10.7. The maximum Gasteiger partial charge on any atom is 0.267 e. The molecule has 0 saturated carbocycles. The minimum atomic E-state index is -0.502. The van der Waals surface area contributed by atoms with Crippen molar-refractivity contribution in [3.05, 3.63) is 59.4 Å². The minimum absolute atomic E-state index is 0.193. The number of ether oxygens (including phenoxy) is 4. The van der Waals surface area contributed by atoms with Crippen LogP contribution in [-0.4, -0.2) is 55.0 Å². The second-order valence-corrected chi connectivity index (χ2v) is 7.74. The van der Waals surface area contributed by atoms with Gasteiger partial charge in [-0.05, 0) is 19.1 Å². The van der Waals surface area contributed by atoms with Gasteiger partial charge >= 0.3 is 0 Å². The summed E-state index contributed by atoms with van der Waals surface area (Å²) in [6.07, 6.45) is 1.41. The number of pyridine rings is 1. The van der Waals surface area contributed by atoms with Gasteiger partial charge in [0.2, 0.25) is 5.75 Å². The smallest absolute Gasteiger partial charge is 0.267 e. The van der Waals surface area contributed by atoms with E-state index in [0.29, 0.717) is 45.4 Å². The Morgan fingerprint density at radius 2 is 1.49 bits per heavy atom. The number of aromatic nitrogens is 3. The second kappa shape index (κ2) is 8.32. The Balaban J connectivity index is 1.69. The van der Waals surface area contributed by atoms with E-state index >= 15 is 0 Å². The molecular formula is C25H22N4O6. The number of imide groups is 1. The molecule has 0 aliphatic carbocycles. The molecule has 0 atom stereocenters. The zero-order valence-corrected chi connectivity index (χ0v) is 19.8. The van der Waals surface area contributed by atoms with Crippen LogP contribution in [0, 0.1) is 6.92 Å². The van der Waals surface area contributed by atoms with Gasteiger partial charge in [0.1, 0.15) is 11.4 Å². The van der Waals surface area contributed by atoms with Crippen LogP contribution < -0.4 is 23.8 Å². The number of hydrogen-bond acceptors (Lipinski definition) is 8. The number of methoxy groups -OCH3 is 4. The maximum atomic E-state index is 13.7. The largest absolute Gasteiger partial charge is 0.494 e. The van der Waals surface area contributed by atoms with Crippen molar-refractivity contribution in [3.63, 3.8) is 0 Å². The molecule has 3 heterocycles. The van der Waals surface area contributed by atoms with Gasteiger partial charge in [-0.2, -0.15) is 5.10 Å². The molecule has 1 aliphatic rings. The molecule has 0 fully saturated rings. The van der Waals surface area contributed by atoms with Crippen LogP contribution >= 0.6 is 0 Å². The first kappa shape index (κ1) is 22.2. The third kappa shape index (κ3) is 3.17. The van der Waals surface area contributed by atoms with E-state index < -0.39 is 11.8 Å². The topological polar surface area (TPSA) is 105 Å². The molecule has 0 bridgehead atoms. The van der Waals surface area contributed by atoms with Crippen molar-refractivity contribution in [1.82, 2.24) is 14.8 Å². The highest BCUT2D eigenvalue weighted by atomic mass is 16.5. The first-order chi connectivity index (χ1) is 16.9. The fourth-order valence-electron chi connectivity index (χ4n) is 4.36. The Morgan fingerprint density at radius 3 is 2.11 bits per heavy atom. The fraction of sp³-hybridized carbons (Fsp3) is 0.200. The molecule has 178 valence electrons. The molecule has 2 aromatic carbocycles. The average Bonchev–Trinajstić information content (AvgIpc) is 3.35. The number of carbonyl (C=O) groups excluding carboxylic acids is 2. The van der Waals surface area contributed by atoms with Crippen molar-refractivity contribution in [3.8, 4) is 28.7 Å². The lowest BCUT2D eigenvalue weighted by atomic mass is 10.1. The molecule has 0 unspecified atom stereocenters. The Hall–Kier alpha value is -4.60. The van der Waals surface area contributed by atoms with Gasteiger partial charge in [0.15, 0.2) is 17.1 Å². The van der Waals surface area contributed by atoms with Gasteiger partial charge in [-0.25, -0.2) is 14.6 Å². The van der Waals surface area contributed by atoms with Crippen LogP contribution in [0.2, 0.25) is 0 Å². The summed E-state index contributed by atoms with van der Waals surface area (Å²) >= 11 is 0. The zero-order chi connectivity index (χ0) is 24.9. The number of nitrogens with zero attached hydrogens (tertiary/aromatic N) is 4. The quantitative estimate of drug-likeness (QED) is 0.391. The van der Waals surface area contributed by atoms with Crippen LogP contribution in [0.15, 0.2) is 42.6 Å². The lowest BCUT2D eigenvalue weighted by Crippen LogP contribution is -2.29. The highest BCUT2D eigenvalue weighted by molar-refractivity contribution is 6.37. The predicted molar refractivity (Wildman–Crippen MR) is 127 cm³/mol. The molecule has 2 amide bonds. The van der Waals surface area contributed by atoms with E-state index in [1.165, 1.54) is 27.5 Å². The number of anilines is 1. The Labute approximate surface area is 200 Å². The fourth-order valence-corrected chi connectivity index (χ4v) is 4.36. The van der Waals surface area contributed by atoms with Gasteiger partial charge in [-0.15, -0.1) is 0 Å². The first-order valence-corrected chi connectivity index (χ1v) is 10.7. The minimum Gasteiger partial charge on any atom is -0.494 e. The van der Waals surface area contributed by atoms with E-state index in [9.17, 15) is 9.59 Å². The van der Waals surface area contributed by atoms with Crippen molar-refractivity contribution in [1.29, 1.82) is 0 Å². The van der Waals surface area contributed by atoms with Gasteiger partial charge < -0.3 is 18.9 Å². The van der Waals surface area contributed by atoms with Crippen molar-refractivity contribution in [2.75, 3.05) is 33.3 Å². The van der Waals surface area contributed by atoms with Crippen molar-refractivity contribution < 1.29 is 28.5 Å². The summed E-state index contributed by atoms with van der Waals surface area (Å²) in [7, 11) is 5.98. The number of fused-ring (bicyclic) bond motifs is 3. The van der Waals surface area contributed by atoms with Crippen LogP contribution in [0.3, 0.4) is 0 Å². The van der Waals surface area contributed by atoms with Gasteiger partial charge in [-0.3, -0.25) is 9.59 Å². The summed E-state index contributed by atoms with van der Waals surface area (Å²) in [4.78, 5) is 32.7. The van der Waals surface area contributed by atoms with E-state index in [1.54, 1.807) is 30.8 Å². The molecule has 4 aromatic rings. The molecule has 0 radical (unpaired) electrons. The molecule has 2 aromatic heterocycles. The normalized spacial score (nSPS) is 12.8. The summed E-state index contributed by atoms with van der Waals surface area (Å²) < 4.78 is 23.2. The van der Waals surface area contributed by atoms with Crippen molar-refractivity contribution >= 4 is 28.5 Å². The molecule has 10 nitrogen and oxygen atoms in total. The third-order valence-electron chi connectivity index (χ3n) is 5.94. The molecule has 5 rings (SSSR count). The molecule has 0 spiro atoms. The highest BCUT2D eigenvalue weighted by Gasteiger charge is 2.41. The van der Waals surface area contributed by atoms with Crippen molar-refractivity contribution in [2.45, 2.75) is 6.92 Å². The lowest BCUT2D eigenvalue weighted by Gasteiger charge is -2.18. The van der Waals surface area contributed by atoms with E-state index in [-0.39, 0.29) is 16.8 Å². The van der Waals surface area contributed by atoms with Gasteiger partial charge in [0, 0.05) is 18.3 Å². The number of hydrogen-bond donors (Lipinski definition) is 0. The molecule has 35 heavy (non-hydrogen) atoms. The van der Waals surface area contributed by atoms with E-state index in [0.717, 1.165) is 4.90 Å². The van der Waals surface area contributed by atoms with Gasteiger partial charge in [0.05, 0.1) is 56.3 Å². The van der Waals surface area contributed by atoms with Crippen LogP contribution in [0.5, 0.6) is 23.0 Å². The van der Waals surface area contributed by atoms with Gasteiger partial charge in [-0.1, -0.05) is 12.1 Å². The number of aryl methyl sites for hydroxylation is 1. The van der Waals surface area contributed by atoms with E-state index in [4.69, 9.17) is 18.9 Å². The third-order valence-corrected chi connectivity index (χ3v) is 5.94. The second-order valence-electron chi connectivity index (χ2n) is 7.74. The summed E-state index contributed by atoms with van der Waals surface area (Å²) in [5.41, 5.74) is 2.39. The molecule has 1 aliphatic heterocycles. The predicted octanol–water partition coefficient (Wildman–Crippen LogP) is 3.56. The summed E-state index contributed by atoms with van der Waals surface area (Å²) in [5.74, 6) is 0.602. The van der Waals surface area contributed by atoms with Crippen LogP contribution in [-0.2, 0) is 0 Å². The average molecular weight is 474 g/mol. The van der Waals surface area contributed by atoms with Gasteiger partial charge in [0.25, 0.3) is 11.8 Å². The van der Waals surface area contributed by atoms with Crippen LogP contribution in [0.25, 0.3) is 16.7 Å². The number of benzene rings is 2. The summed E-state index contributed by atoms with van der Waals surface area (Å²) in [6, 6.07) is 10.5. The summed E-state index contributed by atoms with van der Waals surface area (Å²) in [6.45, 7) is 1.77. The lowest BCUT2D eigenvalue weighted by molar-refractivity contribution is 0.0926. The molecule has 0 N–H and O–H groups in total. The maximum absolute atomic E-state index is 13.7. The zero-order valence-electron chi connectivity index (χ0n) is 19.8. The number of amides is 2. The number of rotatable bonds is 6. The van der Waals surface area contributed by atoms with Crippen molar-refractivity contribution in [2.24, 2.45) is 0 Å². The SMILES string of the molecule is COc1ccccc1-n1nc(C)c2c3c(cnc21)C(=O)N(c1cc(OC)c(OC)c(OC)c1)C3=O. The standard InChI is InChI=1S/C25H22N4O6/c1-13-20-21-15(12-26-23(20)29(27-13)16-8-6-7-9-17(16)32-2)24(30)28(25(21)31)14-10-18(33-3)22(35-5)19(11-14)34-4/h6-12H,1-5H3. The Morgan fingerprint density at radius 1 is 0.829 bits per heavy atom. The van der Waals surface area contributed by atoms with Crippen LogP contribution in [0.4, 0.5) is 5.69 Å². The van der Waals surface area contributed by atoms with E-state index in [1.807, 2.05) is 24.3 Å². The molecular weight excluding hydrogens is 452 g/mol. The summed E-state index contributed by atoms with van der Waals surface area (Å²) in [5, 5.41) is 5.12. The Bertz CT molecular complexity index is 1480. The highest BCUT2D eigenvalue weighted by Crippen LogP contribution is 2.43. The molecule has 10 heteroatoms. The molecule has 0 saturated heterocycles. The Kier molecular flexibility index (Phi) is 5.28. The number of para-hydroxylation sites is 2. The van der Waals surface area contributed by atoms with Crippen LogP contribution in [0.1, 0.15) is 26.4 Å². The van der Waals surface area contributed by atoms with E-state index in [2.05, 4.69) is 10.1 Å².